The topological polar surface area (TPSA) is 77.7 Å². The number of aromatic nitrogens is 4. The fraction of sp³-hybridized carbons (Fsp3) is 0.0417. The third kappa shape index (κ3) is 2.95. The Balaban J connectivity index is 1.60. The van der Waals surface area contributed by atoms with E-state index in [0.717, 1.165) is 28.0 Å². The number of hydrogen-bond donors (Lipinski definition) is 0. The predicted molar refractivity (Wildman–Crippen MR) is 115 cm³/mol. The first-order valence-corrected chi connectivity index (χ1v) is 9.45. The molecule has 6 heteroatoms. The van der Waals surface area contributed by atoms with Gasteiger partial charge in [-0.2, -0.15) is 5.10 Å². The Bertz CT molecular complexity index is 1450. The molecule has 3 aromatic heterocycles. The van der Waals surface area contributed by atoms with E-state index in [1.54, 1.807) is 25.3 Å². The molecule has 0 aliphatic rings. The predicted octanol–water partition coefficient (Wildman–Crippen LogP) is 4.46. The van der Waals surface area contributed by atoms with Crippen LogP contribution in [-0.4, -0.2) is 31.9 Å². The van der Waals surface area contributed by atoms with Crippen LogP contribution in [0.25, 0.3) is 33.1 Å². The Labute approximate surface area is 171 Å². The summed E-state index contributed by atoms with van der Waals surface area (Å²) in [6, 6.07) is 19.2. The second-order valence-electron chi connectivity index (χ2n) is 7.03. The van der Waals surface area contributed by atoms with E-state index in [-0.39, 0.29) is 5.91 Å². The second kappa shape index (κ2) is 7.00. The summed E-state index contributed by atoms with van der Waals surface area (Å²) in [5.74, 6) is -0.346. The first kappa shape index (κ1) is 17.9. The van der Waals surface area contributed by atoms with Gasteiger partial charge in [0.1, 0.15) is 5.69 Å². The Morgan fingerprint density at radius 2 is 1.77 bits per heavy atom. The van der Waals surface area contributed by atoms with E-state index >= 15 is 0 Å². The molecule has 0 atom stereocenters. The Kier molecular flexibility index (Phi) is 4.17. The average molecular weight is 392 g/mol. The number of pyridine rings is 2. The van der Waals surface area contributed by atoms with Crippen LogP contribution >= 0.6 is 0 Å². The lowest BCUT2D eigenvalue weighted by atomic mass is 10.0. The van der Waals surface area contributed by atoms with E-state index < -0.39 is 0 Å². The standard InChI is InChI=1S/C24H16N4O2/c1-15-21(12-19-7-4-10-25-23(19)26-15)24(30)28-13-20(14-29)22(27-28)18-9-8-16-5-2-3-6-17(16)11-18/h2-14H,1H3. The molecule has 0 saturated carbocycles. The van der Waals surface area contributed by atoms with Crippen molar-refractivity contribution in [3.8, 4) is 11.3 Å². The summed E-state index contributed by atoms with van der Waals surface area (Å²) < 4.78 is 1.21. The quantitative estimate of drug-likeness (QED) is 0.424. The van der Waals surface area contributed by atoms with Crippen LogP contribution < -0.4 is 0 Å². The molecular formula is C24H16N4O2. The van der Waals surface area contributed by atoms with Crippen LogP contribution in [0, 0.1) is 6.92 Å². The highest BCUT2D eigenvalue weighted by Crippen LogP contribution is 2.26. The molecule has 30 heavy (non-hydrogen) atoms. The van der Waals surface area contributed by atoms with E-state index in [1.165, 1.54) is 10.9 Å². The van der Waals surface area contributed by atoms with Crippen molar-refractivity contribution in [2.24, 2.45) is 0 Å². The lowest BCUT2D eigenvalue weighted by molar-refractivity contribution is 0.0944. The van der Waals surface area contributed by atoms with Crippen molar-refractivity contribution in [1.29, 1.82) is 0 Å². The third-order valence-electron chi connectivity index (χ3n) is 5.11. The van der Waals surface area contributed by atoms with Gasteiger partial charge in [0.25, 0.3) is 5.91 Å². The van der Waals surface area contributed by atoms with Crippen LogP contribution in [0.1, 0.15) is 26.4 Å². The molecule has 0 saturated heterocycles. The molecule has 0 aliphatic heterocycles. The van der Waals surface area contributed by atoms with Gasteiger partial charge in [-0.25, -0.2) is 14.6 Å². The molecule has 0 unspecified atom stereocenters. The van der Waals surface area contributed by atoms with Gasteiger partial charge in [0.15, 0.2) is 11.9 Å². The highest BCUT2D eigenvalue weighted by molar-refractivity contribution is 6.00. The van der Waals surface area contributed by atoms with Crippen molar-refractivity contribution in [1.82, 2.24) is 19.7 Å². The van der Waals surface area contributed by atoms with Crippen LogP contribution in [0.15, 0.2) is 73.1 Å². The van der Waals surface area contributed by atoms with Crippen LogP contribution in [-0.2, 0) is 0 Å². The van der Waals surface area contributed by atoms with Crippen molar-refractivity contribution in [2.75, 3.05) is 0 Å². The van der Waals surface area contributed by atoms with Crippen LogP contribution in [0.4, 0.5) is 0 Å². The maximum absolute atomic E-state index is 13.2. The summed E-state index contributed by atoms with van der Waals surface area (Å²) >= 11 is 0. The minimum atomic E-state index is -0.346. The normalized spacial score (nSPS) is 11.1. The van der Waals surface area contributed by atoms with Gasteiger partial charge in [-0.15, -0.1) is 0 Å². The molecular weight excluding hydrogens is 376 g/mol. The van der Waals surface area contributed by atoms with Crippen molar-refractivity contribution >= 4 is 34.0 Å². The fourth-order valence-corrected chi connectivity index (χ4v) is 3.57. The van der Waals surface area contributed by atoms with Crippen molar-refractivity contribution in [3.05, 3.63) is 89.9 Å². The number of carbonyl (C=O) groups is 2. The lowest BCUT2D eigenvalue weighted by Crippen LogP contribution is -2.15. The molecule has 144 valence electrons. The van der Waals surface area contributed by atoms with Gasteiger partial charge in [0.05, 0.1) is 16.8 Å². The molecule has 0 amide bonds. The van der Waals surface area contributed by atoms with Crippen LogP contribution in [0.3, 0.4) is 0 Å². The summed E-state index contributed by atoms with van der Waals surface area (Å²) in [4.78, 5) is 33.5. The molecule has 5 aromatic rings. The number of aryl methyl sites for hydroxylation is 1. The first-order chi connectivity index (χ1) is 14.6. The van der Waals surface area contributed by atoms with Gasteiger partial charge in [0.2, 0.25) is 0 Å². The monoisotopic (exact) mass is 392 g/mol. The lowest BCUT2D eigenvalue weighted by Gasteiger charge is -2.06. The van der Waals surface area contributed by atoms with Crippen molar-refractivity contribution < 1.29 is 9.59 Å². The SMILES string of the molecule is Cc1nc2ncccc2cc1C(=O)n1cc(C=O)c(-c2ccc3ccccc3c2)n1. The molecule has 0 bridgehead atoms. The van der Waals surface area contributed by atoms with Gasteiger partial charge in [-0.05, 0) is 42.0 Å². The molecule has 6 nitrogen and oxygen atoms in total. The van der Waals surface area contributed by atoms with Crippen LogP contribution in [0.2, 0.25) is 0 Å². The molecule has 0 radical (unpaired) electrons. The molecule has 0 spiro atoms. The van der Waals surface area contributed by atoms with E-state index in [0.29, 0.717) is 28.2 Å². The van der Waals surface area contributed by atoms with Gasteiger partial charge >= 0.3 is 0 Å². The number of hydrogen-bond acceptors (Lipinski definition) is 5. The molecule has 5 rings (SSSR count). The third-order valence-corrected chi connectivity index (χ3v) is 5.11. The van der Waals surface area contributed by atoms with Gasteiger partial charge in [0, 0.05) is 23.3 Å². The summed E-state index contributed by atoms with van der Waals surface area (Å²) in [5, 5.41) is 7.35. The molecule has 0 fully saturated rings. The number of rotatable bonds is 3. The maximum Gasteiger partial charge on any atom is 0.280 e. The molecule has 0 aliphatic carbocycles. The highest BCUT2D eigenvalue weighted by Gasteiger charge is 2.19. The van der Waals surface area contributed by atoms with Gasteiger partial charge in [-0.1, -0.05) is 36.4 Å². The Morgan fingerprint density at radius 1 is 0.967 bits per heavy atom. The smallest absolute Gasteiger partial charge is 0.280 e. The first-order valence-electron chi connectivity index (χ1n) is 9.45. The van der Waals surface area contributed by atoms with Crippen molar-refractivity contribution in [3.63, 3.8) is 0 Å². The number of carbonyl (C=O) groups excluding carboxylic acids is 2. The molecule has 3 heterocycles. The second-order valence-corrected chi connectivity index (χ2v) is 7.03. The van der Waals surface area contributed by atoms with Gasteiger partial charge in [-0.3, -0.25) is 9.59 Å². The van der Waals surface area contributed by atoms with E-state index in [2.05, 4.69) is 15.1 Å². The number of benzene rings is 2. The minimum absolute atomic E-state index is 0.346. The summed E-state index contributed by atoms with van der Waals surface area (Å²) in [7, 11) is 0. The average Bonchev–Trinajstić information content (AvgIpc) is 3.22. The number of fused-ring (bicyclic) bond motifs is 2. The number of aldehydes is 1. The Morgan fingerprint density at radius 3 is 2.60 bits per heavy atom. The molecule has 2 aromatic carbocycles. The van der Waals surface area contributed by atoms with Crippen molar-refractivity contribution in [2.45, 2.75) is 6.92 Å². The van der Waals surface area contributed by atoms with Gasteiger partial charge < -0.3 is 0 Å². The van der Waals surface area contributed by atoms with Crippen LogP contribution in [0.5, 0.6) is 0 Å². The number of nitrogens with zero attached hydrogens (tertiary/aromatic N) is 4. The molecule has 0 N–H and O–H groups in total. The zero-order valence-electron chi connectivity index (χ0n) is 16.1. The van der Waals surface area contributed by atoms with E-state index in [9.17, 15) is 9.59 Å². The summed E-state index contributed by atoms with van der Waals surface area (Å²) in [6.07, 6.45) is 3.85. The maximum atomic E-state index is 13.2. The largest absolute Gasteiger partial charge is 0.298 e. The Hall–Kier alpha value is -4.19. The van der Waals surface area contributed by atoms with E-state index in [4.69, 9.17) is 0 Å². The summed E-state index contributed by atoms with van der Waals surface area (Å²) in [6.45, 7) is 1.76. The van der Waals surface area contributed by atoms with E-state index in [1.807, 2.05) is 48.5 Å². The fourth-order valence-electron chi connectivity index (χ4n) is 3.57. The zero-order chi connectivity index (χ0) is 20.7. The summed E-state index contributed by atoms with van der Waals surface area (Å²) in [5.41, 5.74) is 3.16. The minimum Gasteiger partial charge on any atom is -0.298 e. The zero-order valence-corrected chi connectivity index (χ0v) is 16.1. The highest BCUT2D eigenvalue weighted by atomic mass is 16.2.